The number of amides is 2. The molecule has 0 bridgehead atoms. The molecule has 7 heteroatoms. The minimum atomic E-state index is -0.678. The number of aromatic nitrogens is 1. The smallest absolute Gasteiger partial charge is 0.267 e. The summed E-state index contributed by atoms with van der Waals surface area (Å²) in [4.78, 5) is 25.2. The molecule has 0 unspecified atom stereocenters. The van der Waals surface area contributed by atoms with Crippen LogP contribution in [0, 0.1) is 6.92 Å². The van der Waals surface area contributed by atoms with Crippen molar-refractivity contribution in [1.82, 2.24) is 4.98 Å². The van der Waals surface area contributed by atoms with Gasteiger partial charge < -0.3 is 11.5 Å². The van der Waals surface area contributed by atoms with E-state index < -0.39 is 11.8 Å². The van der Waals surface area contributed by atoms with E-state index >= 15 is 0 Å². The van der Waals surface area contributed by atoms with Gasteiger partial charge in [-0.15, -0.1) is 24.8 Å². The van der Waals surface area contributed by atoms with Crippen molar-refractivity contribution >= 4 is 36.6 Å². The highest BCUT2D eigenvalue weighted by Gasteiger charge is 2.10. The zero-order valence-electron chi connectivity index (χ0n) is 7.89. The van der Waals surface area contributed by atoms with E-state index in [2.05, 4.69) is 4.98 Å². The van der Waals surface area contributed by atoms with Crippen molar-refractivity contribution < 1.29 is 9.59 Å². The predicted octanol–water partition coefficient (Wildman–Crippen LogP) is 0.431. The van der Waals surface area contributed by atoms with Crippen LogP contribution in [0.5, 0.6) is 0 Å². The molecule has 0 saturated heterocycles. The summed E-state index contributed by atoms with van der Waals surface area (Å²) < 4.78 is 0. The number of aryl methyl sites for hydroxylation is 1. The van der Waals surface area contributed by atoms with Gasteiger partial charge in [0.15, 0.2) is 0 Å². The molecular formula is C8H11Cl2N3O2. The highest BCUT2D eigenvalue weighted by Crippen LogP contribution is 2.05. The second-order valence-corrected chi connectivity index (χ2v) is 2.59. The third-order valence-electron chi connectivity index (χ3n) is 1.58. The lowest BCUT2D eigenvalue weighted by molar-refractivity contribution is 0.0992. The average molecular weight is 252 g/mol. The predicted molar refractivity (Wildman–Crippen MR) is 60.5 cm³/mol. The number of halogens is 2. The molecule has 15 heavy (non-hydrogen) atoms. The van der Waals surface area contributed by atoms with E-state index in [1.165, 1.54) is 6.07 Å². The van der Waals surface area contributed by atoms with E-state index in [0.29, 0.717) is 5.56 Å². The molecule has 5 nitrogen and oxygen atoms in total. The summed E-state index contributed by atoms with van der Waals surface area (Å²) in [5.41, 5.74) is 10.8. The summed E-state index contributed by atoms with van der Waals surface area (Å²) in [6.07, 6.45) is 0. The maximum Gasteiger partial charge on any atom is 0.267 e. The average Bonchev–Trinajstić information content (AvgIpc) is 2.04. The molecule has 0 saturated carbocycles. The first-order chi connectivity index (χ1) is 6.02. The molecule has 0 aliphatic heterocycles. The lowest BCUT2D eigenvalue weighted by atomic mass is 10.2. The van der Waals surface area contributed by atoms with E-state index in [-0.39, 0.29) is 36.2 Å². The zero-order chi connectivity index (χ0) is 10.0. The van der Waals surface area contributed by atoms with Crippen LogP contribution in [0.1, 0.15) is 26.5 Å². The van der Waals surface area contributed by atoms with Gasteiger partial charge in [0.25, 0.3) is 11.8 Å². The van der Waals surface area contributed by atoms with Crippen LogP contribution >= 0.6 is 24.8 Å². The first-order valence-electron chi connectivity index (χ1n) is 3.59. The van der Waals surface area contributed by atoms with Crippen molar-refractivity contribution in [2.45, 2.75) is 6.92 Å². The van der Waals surface area contributed by atoms with Gasteiger partial charge in [0, 0.05) is 0 Å². The van der Waals surface area contributed by atoms with Gasteiger partial charge in [-0.2, -0.15) is 0 Å². The molecule has 0 aliphatic carbocycles. The Morgan fingerprint density at radius 3 is 2.07 bits per heavy atom. The quantitative estimate of drug-likeness (QED) is 0.798. The van der Waals surface area contributed by atoms with Gasteiger partial charge in [0.05, 0.1) is 0 Å². The molecular weight excluding hydrogens is 241 g/mol. The summed E-state index contributed by atoms with van der Waals surface area (Å²) in [6, 6.07) is 3.03. The van der Waals surface area contributed by atoms with Crippen molar-refractivity contribution in [2.24, 2.45) is 11.5 Å². The van der Waals surface area contributed by atoms with E-state index in [4.69, 9.17) is 11.5 Å². The number of rotatable bonds is 2. The van der Waals surface area contributed by atoms with Crippen molar-refractivity contribution in [3.63, 3.8) is 0 Å². The minimum Gasteiger partial charge on any atom is -0.364 e. The fraction of sp³-hybridized carbons (Fsp3) is 0.125. The third kappa shape index (κ3) is 3.73. The number of carbonyl (C=O) groups is 2. The largest absolute Gasteiger partial charge is 0.364 e. The number of carbonyl (C=O) groups excluding carboxylic acids is 2. The SMILES string of the molecule is Cc1ccc(C(N)=O)nc1C(N)=O.Cl.Cl. The van der Waals surface area contributed by atoms with Crippen LogP contribution in [0.25, 0.3) is 0 Å². The van der Waals surface area contributed by atoms with Crippen LogP contribution in [0.3, 0.4) is 0 Å². The van der Waals surface area contributed by atoms with Crippen LogP contribution in [0.15, 0.2) is 12.1 Å². The first kappa shape index (κ1) is 16.1. The topological polar surface area (TPSA) is 99.1 Å². The van der Waals surface area contributed by atoms with Crippen molar-refractivity contribution in [1.29, 1.82) is 0 Å². The van der Waals surface area contributed by atoms with Gasteiger partial charge in [-0.3, -0.25) is 9.59 Å². The Bertz CT molecular complexity index is 382. The van der Waals surface area contributed by atoms with Crippen LogP contribution in [-0.4, -0.2) is 16.8 Å². The number of primary amides is 2. The molecule has 84 valence electrons. The molecule has 0 spiro atoms. The second kappa shape index (κ2) is 6.21. The Morgan fingerprint density at radius 2 is 1.67 bits per heavy atom. The van der Waals surface area contributed by atoms with Gasteiger partial charge in [-0.25, -0.2) is 4.98 Å². The molecule has 0 aliphatic rings. The minimum absolute atomic E-state index is 0. The fourth-order valence-corrected chi connectivity index (χ4v) is 0.915. The lowest BCUT2D eigenvalue weighted by Gasteiger charge is -2.01. The molecule has 1 rings (SSSR count). The monoisotopic (exact) mass is 251 g/mol. The summed E-state index contributed by atoms with van der Waals surface area (Å²) >= 11 is 0. The van der Waals surface area contributed by atoms with Crippen molar-refractivity contribution in [3.05, 3.63) is 29.1 Å². The van der Waals surface area contributed by atoms with Crippen LogP contribution < -0.4 is 11.5 Å². The van der Waals surface area contributed by atoms with Gasteiger partial charge in [-0.1, -0.05) is 6.07 Å². The Hall–Kier alpha value is -1.33. The van der Waals surface area contributed by atoms with E-state index in [9.17, 15) is 9.59 Å². The van der Waals surface area contributed by atoms with E-state index in [1.54, 1.807) is 13.0 Å². The van der Waals surface area contributed by atoms with E-state index in [0.717, 1.165) is 0 Å². The standard InChI is InChI=1S/C8H9N3O2.2ClH/c1-4-2-3-5(7(9)12)11-6(4)8(10)13;;/h2-3H,1H3,(H2,9,12)(H2,10,13);2*1H. The molecule has 2 amide bonds. The van der Waals surface area contributed by atoms with Crippen LogP contribution in [0.2, 0.25) is 0 Å². The zero-order valence-corrected chi connectivity index (χ0v) is 9.52. The molecule has 0 fully saturated rings. The normalized spacial score (nSPS) is 8.33. The van der Waals surface area contributed by atoms with Gasteiger partial charge in [0.1, 0.15) is 11.4 Å². The Morgan fingerprint density at radius 1 is 1.13 bits per heavy atom. The molecule has 0 radical (unpaired) electrons. The Labute approximate surface area is 99.1 Å². The molecule has 1 aromatic heterocycles. The number of pyridine rings is 1. The lowest BCUT2D eigenvalue weighted by Crippen LogP contribution is -2.19. The highest BCUT2D eigenvalue weighted by atomic mass is 35.5. The molecule has 4 N–H and O–H groups in total. The second-order valence-electron chi connectivity index (χ2n) is 2.59. The number of nitrogens with zero attached hydrogens (tertiary/aromatic N) is 1. The van der Waals surface area contributed by atoms with E-state index in [1.807, 2.05) is 0 Å². The van der Waals surface area contributed by atoms with Gasteiger partial charge >= 0.3 is 0 Å². The highest BCUT2D eigenvalue weighted by molar-refractivity contribution is 5.95. The molecule has 1 aromatic rings. The molecule has 0 aromatic carbocycles. The summed E-state index contributed by atoms with van der Waals surface area (Å²) in [5.74, 6) is -1.34. The Kier molecular flexibility index (Phi) is 6.67. The molecule has 1 heterocycles. The molecule has 0 atom stereocenters. The number of hydrogen-bond donors (Lipinski definition) is 2. The maximum atomic E-state index is 10.8. The van der Waals surface area contributed by atoms with Crippen LogP contribution in [0.4, 0.5) is 0 Å². The summed E-state index contributed by atoms with van der Waals surface area (Å²) in [6.45, 7) is 1.68. The van der Waals surface area contributed by atoms with Gasteiger partial charge in [0.2, 0.25) is 0 Å². The number of nitrogens with two attached hydrogens (primary N) is 2. The van der Waals surface area contributed by atoms with Crippen molar-refractivity contribution in [2.75, 3.05) is 0 Å². The third-order valence-corrected chi connectivity index (χ3v) is 1.58. The fourth-order valence-electron chi connectivity index (χ4n) is 0.915. The van der Waals surface area contributed by atoms with Crippen molar-refractivity contribution in [3.8, 4) is 0 Å². The number of hydrogen-bond acceptors (Lipinski definition) is 3. The summed E-state index contributed by atoms with van der Waals surface area (Å²) in [7, 11) is 0. The summed E-state index contributed by atoms with van der Waals surface area (Å²) in [5, 5.41) is 0. The van der Waals surface area contributed by atoms with Gasteiger partial charge in [-0.05, 0) is 18.6 Å². The first-order valence-corrected chi connectivity index (χ1v) is 3.59. The Balaban J connectivity index is 0. The van der Waals surface area contributed by atoms with Crippen LogP contribution in [-0.2, 0) is 0 Å². The maximum absolute atomic E-state index is 10.8.